The molecule has 0 aliphatic carbocycles. The number of nitrogens with one attached hydrogen (secondary N) is 1. The van der Waals surface area contributed by atoms with Crippen LogP contribution in [0.15, 0.2) is 54.6 Å². The number of rotatable bonds is 4. The number of ether oxygens (including phenoxy) is 1. The van der Waals surface area contributed by atoms with Crippen LogP contribution in [0.3, 0.4) is 0 Å². The summed E-state index contributed by atoms with van der Waals surface area (Å²) in [6, 6.07) is 17.7. The lowest BCUT2D eigenvalue weighted by Crippen LogP contribution is -2.44. The summed E-state index contributed by atoms with van der Waals surface area (Å²) >= 11 is 0. The van der Waals surface area contributed by atoms with Crippen LogP contribution < -0.4 is 4.74 Å². The average Bonchev–Trinajstić information content (AvgIpc) is 3.58. The van der Waals surface area contributed by atoms with Crippen LogP contribution in [0.2, 0.25) is 0 Å². The van der Waals surface area contributed by atoms with Crippen molar-refractivity contribution in [3.8, 4) is 5.75 Å². The SMILES string of the molecule is COc1ccc(C(=O)N2CCC(C(=O)N3CCCC3c3nc4ccc(C)cc4[nH]3)CC2)c2ccccc12. The van der Waals surface area contributed by atoms with Crippen LogP contribution in [-0.2, 0) is 4.79 Å². The quantitative estimate of drug-likeness (QED) is 0.419. The molecule has 2 fully saturated rings. The van der Waals surface area contributed by atoms with E-state index in [2.05, 4.69) is 24.0 Å². The number of fused-ring (bicyclic) bond motifs is 2. The van der Waals surface area contributed by atoms with Crippen LogP contribution in [0.1, 0.15) is 53.5 Å². The van der Waals surface area contributed by atoms with Gasteiger partial charge in [-0.25, -0.2) is 4.98 Å². The van der Waals surface area contributed by atoms with Crippen molar-refractivity contribution < 1.29 is 14.3 Å². The molecule has 2 saturated heterocycles. The van der Waals surface area contributed by atoms with Gasteiger partial charge in [0.05, 0.1) is 24.2 Å². The van der Waals surface area contributed by atoms with E-state index in [1.807, 2.05) is 52.3 Å². The van der Waals surface area contributed by atoms with Crippen molar-refractivity contribution in [1.29, 1.82) is 0 Å². The Labute approximate surface area is 216 Å². The zero-order valence-corrected chi connectivity index (χ0v) is 21.4. The van der Waals surface area contributed by atoms with E-state index in [4.69, 9.17) is 9.72 Å². The summed E-state index contributed by atoms with van der Waals surface area (Å²) in [5.41, 5.74) is 3.83. The molecular weight excluding hydrogens is 464 g/mol. The molecule has 1 unspecified atom stereocenters. The van der Waals surface area contributed by atoms with E-state index < -0.39 is 0 Å². The predicted octanol–water partition coefficient (Wildman–Crippen LogP) is 5.25. The van der Waals surface area contributed by atoms with Gasteiger partial charge in [0.2, 0.25) is 5.91 Å². The number of aromatic amines is 1. The molecule has 37 heavy (non-hydrogen) atoms. The molecule has 7 nitrogen and oxygen atoms in total. The molecule has 1 aromatic heterocycles. The molecule has 3 heterocycles. The second kappa shape index (κ2) is 9.54. The number of benzene rings is 3. The highest BCUT2D eigenvalue weighted by Gasteiger charge is 2.37. The van der Waals surface area contributed by atoms with Gasteiger partial charge in [-0.3, -0.25) is 9.59 Å². The number of aryl methyl sites for hydroxylation is 1. The summed E-state index contributed by atoms with van der Waals surface area (Å²) in [4.78, 5) is 39.3. The van der Waals surface area contributed by atoms with Crippen molar-refractivity contribution in [2.75, 3.05) is 26.7 Å². The molecule has 1 N–H and O–H groups in total. The number of nitrogens with zero attached hydrogens (tertiary/aromatic N) is 3. The lowest BCUT2D eigenvalue weighted by atomic mass is 9.94. The first kappa shape index (κ1) is 23.5. The van der Waals surface area contributed by atoms with Crippen LogP contribution in [0, 0.1) is 12.8 Å². The van der Waals surface area contributed by atoms with Crippen molar-refractivity contribution in [3.05, 3.63) is 71.5 Å². The Balaban J connectivity index is 1.15. The predicted molar refractivity (Wildman–Crippen MR) is 144 cm³/mol. The lowest BCUT2D eigenvalue weighted by Gasteiger charge is -2.34. The first-order valence-corrected chi connectivity index (χ1v) is 13.2. The molecule has 2 amide bonds. The Hall–Kier alpha value is -3.87. The summed E-state index contributed by atoms with van der Waals surface area (Å²) in [6.45, 7) is 3.99. The second-order valence-electron chi connectivity index (χ2n) is 10.3. The fourth-order valence-corrected chi connectivity index (χ4v) is 5.99. The number of likely N-dealkylation sites (tertiary alicyclic amines) is 2. The molecule has 6 rings (SSSR count). The molecule has 4 aromatic rings. The Morgan fingerprint density at radius 3 is 2.54 bits per heavy atom. The van der Waals surface area contributed by atoms with Crippen LogP contribution in [-0.4, -0.2) is 58.3 Å². The molecule has 0 radical (unpaired) electrons. The molecule has 0 bridgehead atoms. The van der Waals surface area contributed by atoms with E-state index >= 15 is 0 Å². The third-order valence-electron chi connectivity index (χ3n) is 7.97. The second-order valence-corrected chi connectivity index (χ2v) is 10.3. The minimum absolute atomic E-state index is 0.00877. The van der Waals surface area contributed by atoms with E-state index in [0.717, 1.165) is 52.8 Å². The van der Waals surface area contributed by atoms with Gasteiger partial charge in [-0.2, -0.15) is 0 Å². The summed E-state index contributed by atoms with van der Waals surface area (Å²) in [6.07, 6.45) is 3.27. The average molecular weight is 497 g/mol. The Bertz CT molecular complexity index is 1490. The zero-order chi connectivity index (χ0) is 25.5. The zero-order valence-electron chi connectivity index (χ0n) is 21.4. The first-order valence-electron chi connectivity index (χ1n) is 13.2. The molecular formula is C30H32N4O3. The number of carbonyl (C=O) groups excluding carboxylic acids is 2. The fraction of sp³-hybridized carbons (Fsp3) is 0.367. The third-order valence-corrected chi connectivity index (χ3v) is 7.97. The minimum atomic E-state index is -0.0658. The normalized spacial score (nSPS) is 18.6. The fourth-order valence-electron chi connectivity index (χ4n) is 5.99. The molecule has 2 aliphatic rings. The number of hydrogen-bond donors (Lipinski definition) is 1. The molecule has 7 heteroatoms. The van der Waals surface area contributed by atoms with Gasteiger partial charge < -0.3 is 19.5 Å². The van der Waals surface area contributed by atoms with Crippen molar-refractivity contribution in [2.45, 2.75) is 38.6 Å². The Kier molecular flexibility index (Phi) is 6.07. The number of hydrogen-bond acceptors (Lipinski definition) is 4. The van der Waals surface area contributed by atoms with Crippen LogP contribution >= 0.6 is 0 Å². The topological polar surface area (TPSA) is 78.5 Å². The third kappa shape index (κ3) is 4.22. The monoisotopic (exact) mass is 496 g/mol. The number of imidazole rings is 1. The number of carbonyl (C=O) groups is 2. The van der Waals surface area contributed by atoms with Gasteiger partial charge in [-0.1, -0.05) is 30.3 Å². The molecule has 1 atom stereocenters. The van der Waals surface area contributed by atoms with Crippen molar-refractivity contribution in [1.82, 2.24) is 19.8 Å². The maximum atomic E-state index is 13.6. The number of methoxy groups -OCH3 is 1. The smallest absolute Gasteiger partial charge is 0.254 e. The lowest BCUT2D eigenvalue weighted by molar-refractivity contribution is -0.138. The maximum absolute atomic E-state index is 13.6. The van der Waals surface area contributed by atoms with E-state index in [9.17, 15) is 9.59 Å². The number of piperidine rings is 1. The Morgan fingerprint density at radius 2 is 1.76 bits per heavy atom. The first-order chi connectivity index (χ1) is 18.0. The summed E-state index contributed by atoms with van der Waals surface area (Å²) in [5, 5.41) is 1.83. The summed E-state index contributed by atoms with van der Waals surface area (Å²) < 4.78 is 5.49. The van der Waals surface area contributed by atoms with Crippen LogP contribution in [0.4, 0.5) is 0 Å². The van der Waals surface area contributed by atoms with Gasteiger partial charge in [0.25, 0.3) is 5.91 Å². The van der Waals surface area contributed by atoms with Crippen molar-refractivity contribution >= 4 is 33.6 Å². The number of amides is 2. The minimum Gasteiger partial charge on any atom is -0.496 e. The maximum Gasteiger partial charge on any atom is 0.254 e. The van der Waals surface area contributed by atoms with Gasteiger partial charge in [0.15, 0.2) is 0 Å². The van der Waals surface area contributed by atoms with E-state index in [1.165, 1.54) is 5.56 Å². The highest BCUT2D eigenvalue weighted by atomic mass is 16.5. The summed E-state index contributed by atoms with van der Waals surface area (Å²) in [5.74, 6) is 1.79. The van der Waals surface area contributed by atoms with E-state index in [1.54, 1.807) is 7.11 Å². The number of aromatic nitrogens is 2. The van der Waals surface area contributed by atoms with Gasteiger partial charge in [0.1, 0.15) is 11.6 Å². The van der Waals surface area contributed by atoms with Crippen LogP contribution in [0.5, 0.6) is 5.75 Å². The van der Waals surface area contributed by atoms with Crippen molar-refractivity contribution in [2.24, 2.45) is 5.92 Å². The summed E-state index contributed by atoms with van der Waals surface area (Å²) in [7, 11) is 1.64. The van der Waals surface area contributed by atoms with Gasteiger partial charge >= 0.3 is 0 Å². The largest absolute Gasteiger partial charge is 0.496 e. The molecule has 0 saturated carbocycles. The van der Waals surface area contributed by atoms with Gasteiger partial charge in [0, 0.05) is 36.5 Å². The van der Waals surface area contributed by atoms with Gasteiger partial charge in [-0.15, -0.1) is 0 Å². The molecule has 2 aliphatic heterocycles. The van der Waals surface area contributed by atoms with E-state index in [-0.39, 0.29) is 23.8 Å². The standard InChI is InChI=1S/C30H32N4O3/c1-19-9-11-24-25(18-19)32-28(31-24)26-8-5-15-34(26)29(35)20-13-16-33(17-14-20)30(36)23-10-12-27(37-2)22-7-4-3-6-21(22)23/h3-4,6-7,9-12,18,20,26H,5,8,13-17H2,1-2H3,(H,31,32). The molecule has 190 valence electrons. The highest BCUT2D eigenvalue weighted by Crippen LogP contribution is 2.35. The van der Waals surface area contributed by atoms with Gasteiger partial charge in [-0.05, 0) is 67.8 Å². The van der Waals surface area contributed by atoms with Crippen molar-refractivity contribution in [3.63, 3.8) is 0 Å². The van der Waals surface area contributed by atoms with Crippen LogP contribution in [0.25, 0.3) is 21.8 Å². The molecule has 0 spiro atoms. The Morgan fingerprint density at radius 1 is 0.973 bits per heavy atom. The highest BCUT2D eigenvalue weighted by molar-refractivity contribution is 6.08. The van der Waals surface area contributed by atoms with E-state index in [0.29, 0.717) is 31.5 Å². The number of H-pyrrole nitrogens is 1. The molecule has 3 aromatic carbocycles.